The lowest BCUT2D eigenvalue weighted by molar-refractivity contribution is -0.109. The standard InChI is InChI=1S/C10H21NO/c1-5-11-8-6-7-9(8)12-10(2,3)4/h8-9,11H,5-7H2,1-4H3/t8?,9-/m1/s1. The molecule has 1 fully saturated rings. The third kappa shape index (κ3) is 2.76. The van der Waals surface area contributed by atoms with Gasteiger partial charge in [0.2, 0.25) is 0 Å². The summed E-state index contributed by atoms with van der Waals surface area (Å²) in [7, 11) is 0. The van der Waals surface area contributed by atoms with Gasteiger partial charge in [0.25, 0.3) is 0 Å². The van der Waals surface area contributed by atoms with Crippen molar-refractivity contribution in [1.82, 2.24) is 5.32 Å². The third-order valence-electron chi connectivity index (χ3n) is 2.18. The molecule has 12 heavy (non-hydrogen) atoms. The minimum Gasteiger partial charge on any atom is -0.371 e. The predicted molar refractivity (Wildman–Crippen MR) is 51.3 cm³/mol. The number of hydrogen-bond donors (Lipinski definition) is 1. The van der Waals surface area contributed by atoms with Crippen molar-refractivity contribution in [2.45, 2.75) is 58.3 Å². The summed E-state index contributed by atoms with van der Waals surface area (Å²) in [4.78, 5) is 0. The highest BCUT2D eigenvalue weighted by molar-refractivity contribution is 4.89. The van der Waals surface area contributed by atoms with Crippen LogP contribution >= 0.6 is 0 Å². The minimum atomic E-state index is 0.0127. The van der Waals surface area contributed by atoms with Crippen molar-refractivity contribution >= 4 is 0 Å². The van der Waals surface area contributed by atoms with Gasteiger partial charge in [0.05, 0.1) is 11.7 Å². The summed E-state index contributed by atoms with van der Waals surface area (Å²) >= 11 is 0. The van der Waals surface area contributed by atoms with E-state index >= 15 is 0 Å². The summed E-state index contributed by atoms with van der Waals surface area (Å²) in [6.07, 6.45) is 2.94. The molecule has 2 nitrogen and oxygen atoms in total. The Balaban J connectivity index is 2.25. The van der Waals surface area contributed by atoms with Crippen molar-refractivity contribution in [3.05, 3.63) is 0 Å². The van der Waals surface area contributed by atoms with Gasteiger partial charge in [-0.15, -0.1) is 0 Å². The Morgan fingerprint density at radius 3 is 2.33 bits per heavy atom. The van der Waals surface area contributed by atoms with Crippen molar-refractivity contribution in [2.75, 3.05) is 6.54 Å². The number of hydrogen-bond acceptors (Lipinski definition) is 2. The van der Waals surface area contributed by atoms with Crippen LogP contribution in [0.2, 0.25) is 0 Å². The van der Waals surface area contributed by atoms with Gasteiger partial charge in [-0.3, -0.25) is 0 Å². The Morgan fingerprint density at radius 1 is 1.33 bits per heavy atom. The highest BCUT2D eigenvalue weighted by atomic mass is 16.5. The van der Waals surface area contributed by atoms with Crippen molar-refractivity contribution in [3.63, 3.8) is 0 Å². The maximum atomic E-state index is 5.88. The fourth-order valence-electron chi connectivity index (χ4n) is 1.56. The molecule has 0 saturated heterocycles. The van der Waals surface area contributed by atoms with Gasteiger partial charge in [-0.25, -0.2) is 0 Å². The summed E-state index contributed by atoms with van der Waals surface area (Å²) in [6, 6.07) is 0.606. The Hall–Kier alpha value is -0.0800. The molecule has 1 N–H and O–H groups in total. The van der Waals surface area contributed by atoms with Crippen LogP contribution in [0.25, 0.3) is 0 Å². The van der Waals surface area contributed by atoms with E-state index in [4.69, 9.17) is 4.74 Å². The number of rotatable bonds is 3. The van der Waals surface area contributed by atoms with E-state index in [1.165, 1.54) is 12.8 Å². The maximum absolute atomic E-state index is 5.88. The van der Waals surface area contributed by atoms with E-state index < -0.39 is 0 Å². The molecular weight excluding hydrogens is 150 g/mol. The van der Waals surface area contributed by atoms with Crippen LogP contribution in [0.5, 0.6) is 0 Å². The van der Waals surface area contributed by atoms with Crippen molar-refractivity contribution < 1.29 is 4.74 Å². The molecule has 1 saturated carbocycles. The van der Waals surface area contributed by atoms with Crippen LogP contribution in [0.4, 0.5) is 0 Å². The van der Waals surface area contributed by atoms with Gasteiger partial charge in [-0.2, -0.15) is 0 Å². The summed E-state index contributed by atoms with van der Waals surface area (Å²) in [5.74, 6) is 0. The zero-order valence-corrected chi connectivity index (χ0v) is 8.68. The Morgan fingerprint density at radius 2 is 2.00 bits per heavy atom. The largest absolute Gasteiger partial charge is 0.371 e. The fourth-order valence-corrected chi connectivity index (χ4v) is 1.56. The molecule has 0 bridgehead atoms. The average molecular weight is 171 g/mol. The van der Waals surface area contributed by atoms with Gasteiger partial charge in [0.15, 0.2) is 0 Å². The molecule has 2 atom stereocenters. The first-order valence-corrected chi connectivity index (χ1v) is 4.94. The van der Waals surface area contributed by atoms with E-state index in [9.17, 15) is 0 Å². The Kier molecular flexibility index (Phi) is 3.13. The van der Waals surface area contributed by atoms with Gasteiger partial charge in [-0.05, 0) is 40.2 Å². The van der Waals surface area contributed by atoms with E-state index in [0.717, 1.165) is 6.54 Å². The molecule has 0 heterocycles. The van der Waals surface area contributed by atoms with Crippen LogP contribution in [0.15, 0.2) is 0 Å². The average Bonchev–Trinajstić information content (AvgIpc) is 1.92. The number of ether oxygens (including phenoxy) is 1. The van der Waals surface area contributed by atoms with Crippen LogP contribution in [0, 0.1) is 0 Å². The molecule has 0 radical (unpaired) electrons. The second kappa shape index (κ2) is 3.75. The fraction of sp³-hybridized carbons (Fsp3) is 1.00. The molecule has 1 unspecified atom stereocenters. The maximum Gasteiger partial charge on any atom is 0.0735 e. The zero-order valence-electron chi connectivity index (χ0n) is 8.68. The van der Waals surface area contributed by atoms with Gasteiger partial charge >= 0.3 is 0 Å². The SMILES string of the molecule is CCNC1CC[C@H]1OC(C)(C)C. The number of nitrogens with one attached hydrogen (secondary N) is 1. The first kappa shape index (κ1) is 10.0. The van der Waals surface area contributed by atoms with Gasteiger partial charge in [-0.1, -0.05) is 6.92 Å². The topological polar surface area (TPSA) is 21.3 Å². The van der Waals surface area contributed by atoms with E-state index in [1.807, 2.05) is 0 Å². The summed E-state index contributed by atoms with van der Waals surface area (Å²) in [6.45, 7) is 9.55. The molecule has 2 heteroatoms. The molecule has 0 aromatic heterocycles. The predicted octanol–water partition coefficient (Wildman–Crippen LogP) is 1.94. The Labute approximate surface area is 75.7 Å². The molecule has 0 spiro atoms. The van der Waals surface area contributed by atoms with E-state index in [1.54, 1.807) is 0 Å². The quantitative estimate of drug-likeness (QED) is 0.700. The van der Waals surface area contributed by atoms with Gasteiger partial charge in [0, 0.05) is 6.04 Å². The second-order valence-electron chi connectivity index (χ2n) is 4.51. The lowest BCUT2D eigenvalue weighted by atomic mass is 9.88. The molecule has 1 aliphatic carbocycles. The number of likely N-dealkylation sites (N-methyl/N-ethyl adjacent to an activating group) is 1. The Bertz CT molecular complexity index is 139. The normalized spacial score (nSPS) is 30.0. The van der Waals surface area contributed by atoms with Crippen LogP contribution < -0.4 is 5.32 Å². The van der Waals surface area contributed by atoms with Crippen LogP contribution in [0.1, 0.15) is 40.5 Å². The monoisotopic (exact) mass is 171 g/mol. The lowest BCUT2D eigenvalue weighted by Gasteiger charge is -2.40. The van der Waals surface area contributed by atoms with Crippen LogP contribution in [-0.2, 0) is 4.74 Å². The first-order chi connectivity index (χ1) is 5.53. The van der Waals surface area contributed by atoms with Gasteiger partial charge in [0.1, 0.15) is 0 Å². The van der Waals surface area contributed by atoms with Gasteiger partial charge < -0.3 is 10.1 Å². The third-order valence-corrected chi connectivity index (χ3v) is 2.18. The van der Waals surface area contributed by atoms with Crippen LogP contribution in [0.3, 0.4) is 0 Å². The van der Waals surface area contributed by atoms with E-state index in [0.29, 0.717) is 12.1 Å². The summed E-state index contributed by atoms with van der Waals surface area (Å²) in [5, 5.41) is 3.43. The van der Waals surface area contributed by atoms with E-state index in [2.05, 4.69) is 33.0 Å². The molecule has 0 amide bonds. The highest BCUT2D eigenvalue weighted by Gasteiger charge is 2.33. The molecule has 1 rings (SSSR count). The smallest absolute Gasteiger partial charge is 0.0735 e. The summed E-state index contributed by atoms with van der Waals surface area (Å²) < 4.78 is 5.88. The molecule has 0 aromatic carbocycles. The molecular formula is C10H21NO. The molecule has 0 aliphatic heterocycles. The van der Waals surface area contributed by atoms with Crippen molar-refractivity contribution in [1.29, 1.82) is 0 Å². The van der Waals surface area contributed by atoms with Crippen molar-refractivity contribution in [3.8, 4) is 0 Å². The van der Waals surface area contributed by atoms with E-state index in [-0.39, 0.29) is 5.60 Å². The summed E-state index contributed by atoms with van der Waals surface area (Å²) in [5.41, 5.74) is 0.0127. The van der Waals surface area contributed by atoms with Crippen molar-refractivity contribution in [2.24, 2.45) is 0 Å². The zero-order chi connectivity index (χ0) is 9.19. The molecule has 0 aromatic rings. The molecule has 1 aliphatic rings. The first-order valence-electron chi connectivity index (χ1n) is 4.94. The molecule has 72 valence electrons. The second-order valence-corrected chi connectivity index (χ2v) is 4.51. The highest BCUT2D eigenvalue weighted by Crippen LogP contribution is 2.27. The minimum absolute atomic E-state index is 0.0127. The lowest BCUT2D eigenvalue weighted by Crippen LogP contribution is -2.51. The van der Waals surface area contributed by atoms with Crippen LogP contribution in [-0.4, -0.2) is 24.3 Å².